The van der Waals surface area contributed by atoms with Crippen molar-refractivity contribution in [2.24, 2.45) is 0 Å². The molecule has 2 aromatic rings. The molecule has 152 valence electrons. The summed E-state index contributed by atoms with van der Waals surface area (Å²) in [6.07, 6.45) is 0.0595. The van der Waals surface area contributed by atoms with Crippen LogP contribution in [0.15, 0.2) is 48.5 Å². The number of nitrogens with zero attached hydrogens (tertiary/aromatic N) is 2. The second-order valence-electron chi connectivity index (χ2n) is 6.58. The molecule has 1 N–H and O–H groups in total. The Bertz CT molecular complexity index is 902. The molecule has 0 bridgehead atoms. The third kappa shape index (κ3) is 4.68. The van der Waals surface area contributed by atoms with Crippen molar-refractivity contribution in [2.45, 2.75) is 25.9 Å². The molecule has 1 heterocycles. The lowest BCUT2D eigenvalue weighted by atomic mass is 10.1. The zero-order valence-electron chi connectivity index (χ0n) is 16.2. The average Bonchev–Trinajstić information content (AvgIpc) is 3.01. The van der Waals surface area contributed by atoms with Crippen LogP contribution in [0.2, 0.25) is 5.02 Å². The molecule has 29 heavy (non-hydrogen) atoms. The van der Waals surface area contributed by atoms with E-state index in [0.717, 1.165) is 5.56 Å². The first-order valence-electron chi connectivity index (χ1n) is 9.24. The molecule has 1 saturated heterocycles. The van der Waals surface area contributed by atoms with Gasteiger partial charge in [0, 0.05) is 18.1 Å². The number of amides is 2. The molecule has 6 nitrogen and oxygen atoms in total. The van der Waals surface area contributed by atoms with Crippen molar-refractivity contribution in [1.82, 2.24) is 10.2 Å². The number of thiocarbonyl (C=S) groups is 1. The fourth-order valence-corrected chi connectivity index (χ4v) is 3.69. The maximum absolute atomic E-state index is 13.2. The Morgan fingerprint density at radius 1 is 1.21 bits per heavy atom. The number of carbonyl (C=O) groups excluding carboxylic acids is 2. The molecule has 2 aromatic carbocycles. The van der Waals surface area contributed by atoms with Crippen molar-refractivity contribution >= 4 is 46.4 Å². The number of anilines is 1. The predicted molar refractivity (Wildman–Crippen MR) is 117 cm³/mol. The third-order valence-electron chi connectivity index (χ3n) is 4.68. The Morgan fingerprint density at radius 2 is 1.86 bits per heavy atom. The fourth-order valence-electron chi connectivity index (χ4n) is 3.22. The minimum atomic E-state index is -0.674. The molecule has 0 spiro atoms. The van der Waals surface area contributed by atoms with Gasteiger partial charge in [0.1, 0.15) is 11.8 Å². The maximum Gasteiger partial charge on any atom is 0.257 e. The minimum absolute atomic E-state index is 0.0595. The summed E-state index contributed by atoms with van der Waals surface area (Å²) in [7, 11) is 1.56. The second-order valence-corrected chi connectivity index (χ2v) is 7.40. The average molecular weight is 432 g/mol. The van der Waals surface area contributed by atoms with E-state index in [0.29, 0.717) is 34.7 Å². The monoisotopic (exact) mass is 431 g/mol. The lowest BCUT2D eigenvalue weighted by Crippen LogP contribution is -2.49. The lowest BCUT2D eigenvalue weighted by molar-refractivity contribution is -0.122. The Balaban J connectivity index is 1.86. The van der Waals surface area contributed by atoms with E-state index in [2.05, 4.69) is 5.32 Å². The smallest absolute Gasteiger partial charge is 0.257 e. The van der Waals surface area contributed by atoms with Gasteiger partial charge in [0.15, 0.2) is 5.11 Å². The molecule has 1 aliphatic heterocycles. The number of methoxy groups -OCH3 is 1. The molecule has 0 unspecified atom stereocenters. The van der Waals surface area contributed by atoms with Gasteiger partial charge < -0.3 is 15.0 Å². The molecule has 2 amide bonds. The van der Waals surface area contributed by atoms with Gasteiger partial charge in [-0.05, 0) is 61.1 Å². The van der Waals surface area contributed by atoms with Crippen LogP contribution in [-0.4, -0.2) is 41.5 Å². The summed E-state index contributed by atoms with van der Waals surface area (Å²) in [5.41, 5.74) is 1.46. The van der Waals surface area contributed by atoms with Crippen LogP contribution in [-0.2, 0) is 16.1 Å². The molecule has 1 aliphatic rings. The second kappa shape index (κ2) is 9.24. The number of halogens is 1. The van der Waals surface area contributed by atoms with E-state index >= 15 is 0 Å². The summed E-state index contributed by atoms with van der Waals surface area (Å²) in [6.45, 7) is 2.94. The van der Waals surface area contributed by atoms with Crippen LogP contribution < -0.4 is 15.0 Å². The number of nitrogens with one attached hydrogen (secondary N) is 1. The van der Waals surface area contributed by atoms with E-state index in [1.165, 1.54) is 4.90 Å². The lowest BCUT2D eigenvalue weighted by Gasteiger charge is -2.30. The predicted octanol–water partition coefficient (Wildman–Crippen LogP) is 3.38. The van der Waals surface area contributed by atoms with Crippen LogP contribution in [0.5, 0.6) is 5.75 Å². The number of rotatable bonds is 6. The van der Waals surface area contributed by atoms with Crippen molar-refractivity contribution in [3.63, 3.8) is 0 Å². The topological polar surface area (TPSA) is 61.9 Å². The quantitative estimate of drug-likeness (QED) is 0.559. The standard InChI is InChI=1S/C21H22ClN3O3S/c1-3-23-21(29)24(13-14-4-6-15(22)7-5-14)18-12-19(26)25(20(18)27)16-8-10-17(28-2)11-9-16/h4-11,18H,3,12-13H2,1-2H3,(H,23,29)/t18-/m0/s1. The highest BCUT2D eigenvalue weighted by atomic mass is 35.5. The van der Waals surface area contributed by atoms with Crippen molar-refractivity contribution in [3.05, 3.63) is 59.1 Å². The van der Waals surface area contributed by atoms with Gasteiger partial charge in [-0.3, -0.25) is 9.59 Å². The number of hydrogen-bond acceptors (Lipinski definition) is 4. The highest BCUT2D eigenvalue weighted by Crippen LogP contribution is 2.28. The molecule has 8 heteroatoms. The molecule has 3 rings (SSSR count). The molecule has 1 atom stereocenters. The largest absolute Gasteiger partial charge is 0.497 e. The Kier molecular flexibility index (Phi) is 6.71. The highest BCUT2D eigenvalue weighted by Gasteiger charge is 2.43. The number of benzene rings is 2. The Hall–Kier alpha value is -2.64. The molecule has 0 radical (unpaired) electrons. The zero-order valence-corrected chi connectivity index (χ0v) is 17.8. The first-order valence-corrected chi connectivity index (χ1v) is 10.0. The highest BCUT2D eigenvalue weighted by molar-refractivity contribution is 7.80. The molecule has 1 fully saturated rings. The van der Waals surface area contributed by atoms with E-state index in [-0.39, 0.29) is 18.2 Å². The summed E-state index contributed by atoms with van der Waals surface area (Å²) in [5, 5.41) is 4.16. The molecule has 0 aliphatic carbocycles. The van der Waals surface area contributed by atoms with Gasteiger partial charge >= 0.3 is 0 Å². The maximum atomic E-state index is 13.2. The fraction of sp³-hybridized carbons (Fsp3) is 0.286. The van der Waals surface area contributed by atoms with Gasteiger partial charge in [-0.1, -0.05) is 23.7 Å². The first-order chi connectivity index (χ1) is 13.9. The van der Waals surface area contributed by atoms with E-state index < -0.39 is 6.04 Å². The summed E-state index contributed by atoms with van der Waals surface area (Å²) < 4.78 is 5.15. The summed E-state index contributed by atoms with van der Waals surface area (Å²) in [5.74, 6) is 0.0991. The molecular weight excluding hydrogens is 410 g/mol. The normalized spacial score (nSPS) is 16.1. The van der Waals surface area contributed by atoms with E-state index in [1.54, 1.807) is 48.4 Å². The van der Waals surface area contributed by atoms with Crippen LogP contribution in [0, 0.1) is 0 Å². The number of imide groups is 1. The summed E-state index contributed by atoms with van der Waals surface area (Å²) >= 11 is 11.5. The van der Waals surface area contributed by atoms with Gasteiger partial charge in [-0.25, -0.2) is 4.90 Å². The SMILES string of the molecule is CCNC(=S)N(Cc1ccc(Cl)cc1)[C@H]1CC(=O)N(c2ccc(OC)cc2)C1=O. The van der Waals surface area contributed by atoms with E-state index in [4.69, 9.17) is 28.6 Å². The summed E-state index contributed by atoms with van der Waals surface area (Å²) in [4.78, 5) is 28.9. The Morgan fingerprint density at radius 3 is 2.45 bits per heavy atom. The minimum Gasteiger partial charge on any atom is -0.497 e. The molecule has 0 saturated carbocycles. The van der Waals surface area contributed by atoms with Crippen molar-refractivity contribution < 1.29 is 14.3 Å². The van der Waals surface area contributed by atoms with Gasteiger partial charge in [-0.2, -0.15) is 0 Å². The summed E-state index contributed by atoms with van der Waals surface area (Å²) in [6, 6.07) is 13.5. The van der Waals surface area contributed by atoms with Crippen LogP contribution in [0.4, 0.5) is 5.69 Å². The number of carbonyl (C=O) groups is 2. The van der Waals surface area contributed by atoms with Gasteiger partial charge in [0.2, 0.25) is 5.91 Å². The van der Waals surface area contributed by atoms with Crippen molar-refractivity contribution in [3.8, 4) is 5.75 Å². The van der Waals surface area contributed by atoms with Crippen LogP contribution in [0.3, 0.4) is 0 Å². The van der Waals surface area contributed by atoms with E-state index in [1.807, 2.05) is 19.1 Å². The van der Waals surface area contributed by atoms with Crippen LogP contribution >= 0.6 is 23.8 Å². The molecular formula is C21H22ClN3O3S. The van der Waals surface area contributed by atoms with Gasteiger partial charge in [0.25, 0.3) is 5.91 Å². The zero-order chi connectivity index (χ0) is 21.0. The number of hydrogen-bond donors (Lipinski definition) is 1. The van der Waals surface area contributed by atoms with Gasteiger partial charge in [0.05, 0.1) is 19.2 Å². The van der Waals surface area contributed by atoms with Crippen LogP contribution in [0.1, 0.15) is 18.9 Å². The van der Waals surface area contributed by atoms with Gasteiger partial charge in [-0.15, -0.1) is 0 Å². The first kappa shape index (κ1) is 21.1. The number of ether oxygens (including phenoxy) is 1. The Labute approximate surface area is 180 Å². The van der Waals surface area contributed by atoms with E-state index in [9.17, 15) is 9.59 Å². The third-order valence-corrected chi connectivity index (χ3v) is 5.32. The molecule has 0 aromatic heterocycles. The van der Waals surface area contributed by atoms with Crippen molar-refractivity contribution in [2.75, 3.05) is 18.6 Å². The van der Waals surface area contributed by atoms with Crippen molar-refractivity contribution in [1.29, 1.82) is 0 Å². The van der Waals surface area contributed by atoms with Crippen LogP contribution in [0.25, 0.3) is 0 Å².